The Kier molecular flexibility index (Phi) is 11.0. The zero-order valence-electron chi connectivity index (χ0n) is 27.4. The van der Waals surface area contributed by atoms with E-state index < -0.39 is 54.4 Å². The Hall–Kier alpha value is -6.25. The molecular weight excluding hydrogens is 671 g/mol. The summed E-state index contributed by atoms with van der Waals surface area (Å²) in [6.45, 7) is 1.26. The summed E-state index contributed by atoms with van der Waals surface area (Å²) in [4.78, 5) is 55.5. The number of hydrogen-bond acceptors (Lipinski definition) is 8. The van der Waals surface area contributed by atoms with Crippen LogP contribution in [0.2, 0.25) is 0 Å². The topological polar surface area (TPSA) is 164 Å². The molecule has 1 aliphatic rings. The number of nitrogens with one attached hydrogen (secondary N) is 2. The number of alkyl halides is 3. The van der Waals surface area contributed by atoms with Crippen molar-refractivity contribution in [1.82, 2.24) is 20.4 Å². The molecule has 0 saturated carbocycles. The highest BCUT2D eigenvalue weighted by atomic mass is 19.4. The molecule has 15 heteroatoms. The molecule has 0 radical (unpaired) electrons. The number of hydrogen-bond donors (Lipinski definition) is 3. The quantitative estimate of drug-likeness (QED) is 0.176. The molecule has 4 aromatic rings. The predicted molar refractivity (Wildman–Crippen MR) is 177 cm³/mol. The third-order valence-electron chi connectivity index (χ3n) is 7.83. The Balaban J connectivity index is 1.18. The third-order valence-corrected chi connectivity index (χ3v) is 7.83. The Bertz CT molecular complexity index is 1990. The van der Waals surface area contributed by atoms with Crippen molar-refractivity contribution >= 4 is 29.7 Å². The molecule has 5 rings (SSSR count). The molecule has 0 fully saturated rings. The van der Waals surface area contributed by atoms with E-state index in [0.29, 0.717) is 16.7 Å². The minimum absolute atomic E-state index is 0.0122. The number of benzene rings is 3. The minimum Gasteiger partial charge on any atom is -0.497 e. The van der Waals surface area contributed by atoms with E-state index in [1.165, 1.54) is 37.5 Å². The van der Waals surface area contributed by atoms with Crippen LogP contribution in [0.5, 0.6) is 5.75 Å². The van der Waals surface area contributed by atoms with E-state index in [0.717, 1.165) is 16.5 Å². The minimum atomic E-state index is -4.68. The Labute approximate surface area is 289 Å². The molecule has 0 spiro atoms. The Morgan fingerprint density at radius 3 is 2.39 bits per heavy atom. The summed E-state index contributed by atoms with van der Waals surface area (Å²) >= 11 is 0. The summed E-state index contributed by atoms with van der Waals surface area (Å²) in [5, 5.41) is 18.6. The monoisotopic (exact) mass is 703 g/mol. The van der Waals surface area contributed by atoms with Gasteiger partial charge in [-0.2, -0.15) is 18.2 Å². The van der Waals surface area contributed by atoms with Crippen molar-refractivity contribution in [2.45, 2.75) is 38.5 Å². The number of carboxylic acids is 1. The lowest BCUT2D eigenvalue weighted by molar-refractivity contribution is -0.143. The third kappa shape index (κ3) is 9.47. The second-order valence-corrected chi connectivity index (χ2v) is 11.6. The predicted octanol–water partition coefficient (Wildman–Crippen LogP) is 5.35. The zero-order chi connectivity index (χ0) is 36.7. The van der Waals surface area contributed by atoms with Gasteiger partial charge >= 0.3 is 18.2 Å². The molecule has 1 aliphatic carbocycles. The van der Waals surface area contributed by atoms with Crippen LogP contribution >= 0.6 is 0 Å². The van der Waals surface area contributed by atoms with Crippen molar-refractivity contribution in [2.24, 2.45) is 0 Å². The largest absolute Gasteiger partial charge is 0.497 e. The van der Waals surface area contributed by atoms with Gasteiger partial charge in [0.15, 0.2) is 0 Å². The first-order valence-corrected chi connectivity index (χ1v) is 15.5. The molecule has 0 bridgehead atoms. The van der Waals surface area contributed by atoms with Crippen LogP contribution in [0.3, 0.4) is 0 Å². The smallest absolute Gasteiger partial charge is 0.416 e. The molecule has 1 aromatic heterocycles. The van der Waals surface area contributed by atoms with Gasteiger partial charge in [-0.25, -0.2) is 0 Å². The van der Waals surface area contributed by atoms with Gasteiger partial charge in [-0.3, -0.25) is 24.5 Å². The number of anilines is 1. The van der Waals surface area contributed by atoms with Crippen LogP contribution < -0.4 is 15.4 Å². The molecule has 1 atom stereocenters. The van der Waals surface area contributed by atoms with Crippen molar-refractivity contribution in [1.29, 1.82) is 0 Å². The molecule has 264 valence electrons. The fourth-order valence-electron chi connectivity index (χ4n) is 5.21. The van der Waals surface area contributed by atoms with E-state index >= 15 is 0 Å². The Morgan fingerprint density at radius 1 is 1.04 bits per heavy atom. The highest BCUT2D eigenvalue weighted by molar-refractivity contribution is 6.03. The van der Waals surface area contributed by atoms with E-state index in [-0.39, 0.29) is 41.7 Å². The van der Waals surface area contributed by atoms with Gasteiger partial charge in [0, 0.05) is 23.2 Å². The molecule has 51 heavy (non-hydrogen) atoms. The standard InChI is InChI=1S/C36H32F3N5O7/c1-21-3-7-24(8-4-21)33(48)42-35-41-32(43-51-35)23-9-5-22(6-10-23)19-44(20-31(46)47)34(49)25-11-14-27(15-12-25)40-30(45)17-26-13-16-28(50-2)18-29(26)36(37,38)39/h3-14,16,18,27H,15,17,19-20H2,1-2H3,(H,40,45)(H,46,47)(H,41,42,43,48). The van der Waals surface area contributed by atoms with Gasteiger partial charge in [-0.1, -0.05) is 71.4 Å². The summed E-state index contributed by atoms with van der Waals surface area (Å²) < 4.78 is 50.7. The van der Waals surface area contributed by atoms with Gasteiger partial charge in [0.1, 0.15) is 12.3 Å². The van der Waals surface area contributed by atoms with E-state index in [4.69, 9.17) is 9.26 Å². The maximum Gasteiger partial charge on any atom is 0.416 e. The van der Waals surface area contributed by atoms with Crippen molar-refractivity contribution in [2.75, 3.05) is 19.0 Å². The summed E-state index contributed by atoms with van der Waals surface area (Å²) in [7, 11) is 1.24. The highest BCUT2D eigenvalue weighted by Gasteiger charge is 2.34. The number of aryl methyl sites for hydroxylation is 1. The van der Waals surface area contributed by atoms with Crippen LogP contribution in [-0.4, -0.2) is 63.5 Å². The number of carbonyl (C=O) groups excluding carboxylic acids is 3. The van der Waals surface area contributed by atoms with Crippen LogP contribution in [0.15, 0.2) is 95.1 Å². The summed E-state index contributed by atoms with van der Waals surface area (Å²) in [6, 6.07) is 16.3. The second-order valence-electron chi connectivity index (χ2n) is 11.6. The number of aliphatic carboxylic acids is 1. The summed E-state index contributed by atoms with van der Waals surface area (Å²) in [5.74, 6) is -2.65. The van der Waals surface area contributed by atoms with Crippen LogP contribution in [0.1, 0.15) is 39.0 Å². The Morgan fingerprint density at radius 2 is 1.76 bits per heavy atom. The number of rotatable bonds is 12. The van der Waals surface area contributed by atoms with Gasteiger partial charge in [0.25, 0.3) is 11.8 Å². The second kappa shape index (κ2) is 15.5. The molecular formula is C36H32F3N5O7. The zero-order valence-corrected chi connectivity index (χ0v) is 27.4. The lowest BCUT2D eigenvalue weighted by atomic mass is 10.00. The normalized spacial score (nSPS) is 14.0. The van der Waals surface area contributed by atoms with Gasteiger partial charge < -0.3 is 24.6 Å². The SMILES string of the molecule is COc1ccc(CC(=O)NC2C=CC(C(=O)N(CC(=O)O)Cc3ccc(-c4noc(NC(=O)c5ccc(C)cc5)n4)cc3)=CC2)c(C(F)(F)F)c1. The average Bonchev–Trinajstić information content (AvgIpc) is 3.56. The van der Waals surface area contributed by atoms with Crippen molar-refractivity contribution in [3.05, 3.63) is 118 Å². The first-order valence-electron chi connectivity index (χ1n) is 15.5. The van der Waals surface area contributed by atoms with E-state index in [2.05, 4.69) is 20.8 Å². The fraction of sp³-hybridized carbons (Fsp3) is 0.222. The number of ether oxygens (including phenoxy) is 1. The average molecular weight is 704 g/mol. The molecule has 1 heterocycles. The maximum atomic E-state index is 13.6. The number of nitrogens with zero attached hydrogens (tertiary/aromatic N) is 3. The van der Waals surface area contributed by atoms with E-state index in [1.807, 2.05) is 6.92 Å². The molecule has 3 N–H and O–H groups in total. The van der Waals surface area contributed by atoms with Gasteiger partial charge in [0.05, 0.1) is 25.1 Å². The highest BCUT2D eigenvalue weighted by Crippen LogP contribution is 2.34. The molecule has 3 aromatic carbocycles. The van der Waals surface area contributed by atoms with Crippen LogP contribution in [-0.2, 0) is 33.5 Å². The number of aromatic nitrogens is 2. The first-order chi connectivity index (χ1) is 24.3. The first kappa shape index (κ1) is 36.0. The number of carboxylic acid groups (broad SMARTS) is 1. The molecule has 0 aliphatic heterocycles. The molecule has 1 unspecified atom stereocenters. The van der Waals surface area contributed by atoms with Crippen LogP contribution in [0.4, 0.5) is 19.2 Å². The number of halogens is 3. The molecule has 0 saturated heterocycles. The number of amides is 3. The van der Waals surface area contributed by atoms with Crippen molar-refractivity contribution < 1.29 is 46.7 Å². The lowest BCUT2D eigenvalue weighted by Crippen LogP contribution is -2.38. The number of carbonyl (C=O) groups is 4. The fourth-order valence-corrected chi connectivity index (χ4v) is 5.21. The van der Waals surface area contributed by atoms with Crippen LogP contribution in [0, 0.1) is 6.92 Å². The van der Waals surface area contributed by atoms with Crippen molar-refractivity contribution in [3.8, 4) is 17.1 Å². The summed E-state index contributed by atoms with van der Waals surface area (Å²) in [6.07, 6.45) is -0.550. The summed E-state index contributed by atoms with van der Waals surface area (Å²) in [5.41, 5.74) is 1.58. The van der Waals surface area contributed by atoms with Gasteiger partial charge in [0.2, 0.25) is 11.7 Å². The van der Waals surface area contributed by atoms with Gasteiger partial charge in [-0.05, 0) is 48.7 Å². The van der Waals surface area contributed by atoms with E-state index in [1.54, 1.807) is 48.5 Å². The van der Waals surface area contributed by atoms with Gasteiger partial charge in [-0.15, -0.1) is 0 Å². The lowest BCUT2D eigenvalue weighted by Gasteiger charge is -2.24. The maximum absolute atomic E-state index is 13.6. The van der Waals surface area contributed by atoms with Crippen molar-refractivity contribution in [3.63, 3.8) is 0 Å². The van der Waals surface area contributed by atoms with E-state index in [9.17, 15) is 37.5 Å². The van der Waals surface area contributed by atoms with Crippen LogP contribution in [0.25, 0.3) is 11.4 Å². The molecule has 12 nitrogen and oxygen atoms in total. The number of methoxy groups -OCH3 is 1. The molecule has 3 amide bonds.